The first-order chi connectivity index (χ1) is 9.99. The number of nitrogens with two attached hydrogens (primary N) is 1. The molecule has 0 aromatic heterocycles. The zero-order valence-corrected chi connectivity index (χ0v) is 12.6. The van der Waals surface area contributed by atoms with Crippen LogP contribution >= 0.6 is 0 Å². The third-order valence-electron chi connectivity index (χ3n) is 3.74. The van der Waals surface area contributed by atoms with Gasteiger partial charge in [0.05, 0.1) is 4.92 Å². The number of anilines is 1. The van der Waals surface area contributed by atoms with Crippen LogP contribution in [-0.4, -0.2) is 24.4 Å². The first-order valence-electron chi connectivity index (χ1n) is 7.20. The molecule has 6 nitrogen and oxygen atoms in total. The second-order valence-electron chi connectivity index (χ2n) is 5.12. The highest BCUT2D eigenvalue weighted by atomic mass is 16.6. The first kappa shape index (κ1) is 17.1. The summed E-state index contributed by atoms with van der Waals surface area (Å²) in [6.07, 6.45) is 3.24. The SMILES string of the molecule is CCC(CCN)CCC(=O)N(C)c1ccc([N+](=O)[O-])cc1. The number of nitro groups is 1. The number of nitro benzene ring substituents is 1. The molecule has 0 radical (unpaired) electrons. The first-order valence-corrected chi connectivity index (χ1v) is 7.20. The molecule has 0 fully saturated rings. The highest BCUT2D eigenvalue weighted by molar-refractivity contribution is 5.92. The van der Waals surface area contributed by atoms with E-state index in [1.165, 1.54) is 12.1 Å². The standard InChI is InChI=1S/C15H23N3O3/c1-3-12(10-11-16)4-9-15(19)17(2)13-5-7-14(8-6-13)18(20)21/h5-8,12H,3-4,9-11,16H2,1-2H3. The van der Waals surface area contributed by atoms with E-state index in [0.29, 0.717) is 24.6 Å². The minimum Gasteiger partial charge on any atom is -0.330 e. The lowest BCUT2D eigenvalue weighted by Crippen LogP contribution is -2.26. The van der Waals surface area contributed by atoms with Gasteiger partial charge in [-0.1, -0.05) is 13.3 Å². The van der Waals surface area contributed by atoms with Crippen LogP contribution in [0.2, 0.25) is 0 Å². The fourth-order valence-corrected chi connectivity index (χ4v) is 2.23. The maximum absolute atomic E-state index is 12.1. The number of carbonyl (C=O) groups excluding carboxylic acids is 1. The summed E-state index contributed by atoms with van der Waals surface area (Å²) in [6.45, 7) is 2.75. The number of carbonyl (C=O) groups is 1. The Labute approximate surface area is 125 Å². The number of nitrogens with zero attached hydrogens (tertiary/aromatic N) is 2. The minimum atomic E-state index is -0.454. The summed E-state index contributed by atoms with van der Waals surface area (Å²) in [4.78, 5) is 23.8. The average Bonchev–Trinajstić information content (AvgIpc) is 2.50. The molecule has 116 valence electrons. The molecule has 0 saturated heterocycles. The Balaban J connectivity index is 2.59. The molecule has 0 saturated carbocycles. The summed E-state index contributed by atoms with van der Waals surface area (Å²) in [7, 11) is 1.69. The van der Waals surface area contributed by atoms with Gasteiger partial charge in [0.2, 0.25) is 5.91 Å². The molecule has 0 bridgehead atoms. The van der Waals surface area contributed by atoms with Crippen molar-refractivity contribution in [3.8, 4) is 0 Å². The van der Waals surface area contributed by atoms with Crippen molar-refractivity contribution in [2.75, 3.05) is 18.5 Å². The molecule has 0 spiro atoms. The summed E-state index contributed by atoms with van der Waals surface area (Å²) in [5.41, 5.74) is 6.24. The number of hydrogen-bond acceptors (Lipinski definition) is 4. The maximum Gasteiger partial charge on any atom is 0.269 e. The molecule has 6 heteroatoms. The van der Waals surface area contributed by atoms with Gasteiger partial charge in [-0.2, -0.15) is 0 Å². The molecule has 1 atom stereocenters. The van der Waals surface area contributed by atoms with Crippen molar-refractivity contribution in [2.45, 2.75) is 32.6 Å². The molecular weight excluding hydrogens is 270 g/mol. The van der Waals surface area contributed by atoms with E-state index >= 15 is 0 Å². The molecule has 1 aromatic rings. The fraction of sp³-hybridized carbons (Fsp3) is 0.533. The van der Waals surface area contributed by atoms with Gasteiger partial charge >= 0.3 is 0 Å². The second kappa shape index (κ2) is 8.36. The molecule has 0 heterocycles. The molecule has 21 heavy (non-hydrogen) atoms. The van der Waals surface area contributed by atoms with E-state index < -0.39 is 4.92 Å². The fourth-order valence-electron chi connectivity index (χ4n) is 2.23. The van der Waals surface area contributed by atoms with Crippen LogP contribution in [0.15, 0.2) is 24.3 Å². The van der Waals surface area contributed by atoms with Crippen molar-refractivity contribution in [3.63, 3.8) is 0 Å². The molecule has 1 amide bonds. The van der Waals surface area contributed by atoms with Crippen LogP contribution < -0.4 is 10.6 Å². The minimum absolute atomic E-state index is 0.0133. The second-order valence-corrected chi connectivity index (χ2v) is 5.12. The van der Waals surface area contributed by atoms with Crippen molar-refractivity contribution in [2.24, 2.45) is 11.7 Å². The lowest BCUT2D eigenvalue weighted by Gasteiger charge is -2.19. The topological polar surface area (TPSA) is 89.5 Å². The normalized spacial score (nSPS) is 12.0. The van der Waals surface area contributed by atoms with Crippen molar-refractivity contribution < 1.29 is 9.72 Å². The van der Waals surface area contributed by atoms with Gasteiger partial charge in [0, 0.05) is 31.3 Å². The molecule has 0 aliphatic heterocycles. The van der Waals surface area contributed by atoms with Gasteiger partial charge in [-0.05, 0) is 37.4 Å². The molecule has 1 aromatic carbocycles. The Bertz CT molecular complexity index is 474. The zero-order chi connectivity index (χ0) is 15.8. The van der Waals surface area contributed by atoms with Gasteiger partial charge in [-0.25, -0.2) is 0 Å². The smallest absolute Gasteiger partial charge is 0.269 e. The summed E-state index contributed by atoms with van der Waals surface area (Å²) in [6, 6.07) is 5.99. The number of non-ortho nitro benzene ring substituents is 1. The van der Waals surface area contributed by atoms with Crippen molar-refractivity contribution in [1.29, 1.82) is 0 Å². The average molecular weight is 293 g/mol. The molecule has 2 N–H and O–H groups in total. The van der Waals surface area contributed by atoms with E-state index in [1.54, 1.807) is 24.1 Å². The van der Waals surface area contributed by atoms with E-state index in [0.717, 1.165) is 19.3 Å². The lowest BCUT2D eigenvalue weighted by molar-refractivity contribution is -0.384. The predicted molar refractivity (Wildman–Crippen MR) is 83.2 cm³/mol. The van der Waals surface area contributed by atoms with Crippen LogP contribution in [0.3, 0.4) is 0 Å². The maximum atomic E-state index is 12.1. The van der Waals surface area contributed by atoms with E-state index in [1.807, 2.05) is 0 Å². The predicted octanol–water partition coefficient (Wildman–Crippen LogP) is 2.71. The van der Waals surface area contributed by atoms with Gasteiger partial charge in [-0.3, -0.25) is 14.9 Å². The Morgan fingerprint density at radius 3 is 2.43 bits per heavy atom. The van der Waals surface area contributed by atoms with Gasteiger partial charge in [-0.15, -0.1) is 0 Å². The van der Waals surface area contributed by atoms with Crippen LogP contribution in [0.25, 0.3) is 0 Å². The highest BCUT2D eigenvalue weighted by Gasteiger charge is 2.14. The third-order valence-corrected chi connectivity index (χ3v) is 3.74. The van der Waals surface area contributed by atoms with E-state index in [4.69, 9.17) is 5.73 Å². The summed E-state index contributed by atoms with van der Waals surface area (Å²) < 4.78 is 0. The molecular formula is C15H23N3O3. The Morgan fingerprint density at radius 1 is 1.33 bits per heavy atom. The monoisotopic (exact) mass is 293 g/mol. The summed E-state index contributed by atoms with van der Waals surface area (Å²) in [5, 5.41) is 10.6. The van der Waals surface area contributed by atoms with Gasteiger partial charge < -0.3 is 10.6 Å². The van der Waals surface area contributed by atoms with E-state index in [-0.39, 0.29) is 11.6 Å². The third kappa shape index (κ3) is 5.15. The Kier molecular flexibility index (Phi) is 6.81. The summed E-state index contributed by atoms with van der Waals surface area (Å²) >= 11 is 0. The van der Waals surface area contributed by atoms with Crippen molar-refractivity contribution >= 4 is 17.3 Å². The number of benzene rings is 1. The van der Waals surface area contributed by atoms with Crippen LogP contribution in [0.5, 0.6) is 0 Å². The van der Waals surface area contributed by atoms with Crippen LogP contribution in [0, 0.1) is 16.0 Å². The number of rotatable bonds is 8. The van der Waals surface area contributed by atoms with E-state index in [2.05, 4.69) is 6.92 Å². The van der Waals surface area contributed by atoms with Gasteiger partial charge in [0.25, 0.3) is 5.69 Å². The molecule has 0 aliphatic rings. The Hall–Kier alpha value is -1.95. The quantitative estimate of drug-likeness (QED) is 0.589. The summed E-state index contributed by atoms with van der Waals surface area (Å²) in [5.74, 6) is 0.489. The van der Waals surface area contributed by atoms with Crippen LogP contribution in [0.4, 0.5) is 11.4 Å². The number of amides is 1. The lowest BCUT2D eigenvalue weighted by atomic mass is 9.96. The largest absolute Gasteiger partial charge is 0.330 e. The van der Waals surface area contributed by atoms with Crippen LogP contribution in [-0.2, 0) is 4.79 Å². The molecule has 1 unspecified atom stereocenters. The molecule has 0 aliphatic carbocycles. The van der Waals surface area contributed by atoms with Crippen LogP contribution in [0.1, 0.15) is 32.6 Å². The molecule has 1 rings (SSSR count). The van der Waals surface area contributed by atoms with Gasteiger partial charge in [0.15, 0.2) is 0 Å². The van der Waals surface area contributed by atoms with Gasteiger partial charge in [0.1, 0.15) is 0 Å². The zero-order valence-electron chi connectivity index (χ0n) is 12.6. The Morgan fingerprint density at radius 2 is 1.95 bits per heavy atom. The van der Waals surface area contributed by atoms with Crippen molar-refractivity contribution in [3.05, 3.63) is 34.4 Å². The number of hydrogen-bond donors (Lipinski definition) is 1. The van der Waals surface area contributed by atoms with Crippen molar-refractivity contribution in [1.82, 2.24) is 0 Å². The van der Waals surface area contributed by atoms with E-state index in [9.17, 15) is 14.9 Å². The highest BCUT2D eigenvalue weighted by Crippen LogP contribution is 2.21.